The van der Waals surface area contributed by atoms with Crippen LogP contribution < -0.4 is 5.32 Å². The van der Waals surface area contributed by atoms with Crippen LogP contribution in [0.2, 0.25) is 0 Å². The minimum Gasteiger partial charge on any atom is -0.322 e. The maximum absolute atomic E-state index is 12.9. The van der Waals surface area contributed by atoms with Crippen LogP contribution in [0.5, 0.6) is 0 Å². The second kappa shape index (κ2) is 7.94. The van der Waals surface area contributed by atoms with Crippen LogP contribution in [0.15, 0.2) is 47.2 Å². The summed E-state index contributed by atoms with van der Waals surface area (Å²) in [5, 5.41) is 19.3. The smallest absolute Gasteiger partial charge is 0.322 e. The third-order valence-electron chi connectivity index (χ3n) is 5.80. The Balaban J connectivity index is 1.35. The first-order chi connectivity index (χ1) is 15.7. The first kappa shape index (κ1) is 21.6. The van der Waals surface area contributed by atoms with E-state index in [1.807, 2.05) is 13.0 Å². The van der Waals surface area contributed by atoms with Crippen LogP contribution in [0.4, 0.5) is 18.9 Å². The van der Waals surface area contributed by atoms with Gasteiger partial charge in [-0.1, -0.05) is 28.1 Å². The minimum absolute atomic E-state index is 0.0513. The van der Waals surface area contributed by atoms with E-state index in [9.17, 15) is 18.0 Å². The molecule has 8 nitrogen and oxygen atoms in total. The Morgan fingerprint density at radius 1 is 1.21 bits per heavy atom. The number of carbonyl (C=O) groups is 1. The number of aromatic nitrogens is 6. The Bertz CT molecular complexity index is 1360. The lowest BCUT2D eigenvalue weighted by molar-refractivity contribution is -0.203. The van der Waals surface area contributed by atoms with Gasteiger partial charge in [0, 0.05) is 21.9 Å². The van der Waals surface area contributed by atoms with Gasteiger partial charge >= 0.3 is 6.18 Å². The number of carbonyl (C=O) groups excluding carboxylic acids is 1. The number of hydrogen-bond donors (Lipinski definition) is 1. The van der Waals surface area contributed by atoms with E-state index in [1.54, 1.807) is 35.0 Å². The van der Waals surface area contributed by atoms with Crippen LogP contribution in [-0.4, -0.2) is 41.9 Å². The Morgan fingerprint density at radius 2 is 2.00 bits per heavy atom. The molecule has 1 amide bonds. The molecule has 4 aromatic rings. The lowest BCUT2D eigenvalue weighted by Gasteiger charge is -2.35. The van der Waals surface area contributed by atoms with E-state index in [0.29, 0.717) is 22.3 Å². The van der Waals surface area contributed by atoms with Gasteiger partial charge in [0.25, 0.3) is 5.91 Å². The molecule has 0 saturated heterocycles. The third kappa shape index (κ3) is 4.10. The molecule has 3 heterocycles. The molecule has 0 bridgehead atoms. The maximum Gasteiger partial charge on any atom is 0.391 e. The number of nitrogens with one attached hydrogen (secondary N) is 1. The van der Waals surface area contributed by atoms with E-state index >= 15 is 0 Å². The van der Waals surface area contributed by atoms with Crippen LogP contribution in [0.3, 0.4) is 0 Å². The molecule has 1 aliphatic carbocycles. The normalized spacial score (nSPS) is 18.3. The van der Waals surface area contributed by atoms with Crippen LogP contribution in [0.25, 0.3) is 16.9 Å². The first-order valence-electron chi connectivity index (χ1n) is 10.1. The molecule has 0 aliphatic heterocycles. The Labute approximate surface area is 193 Å². The fourth-order valence-corrected chi connectivity index (χ4v) is 4.09. The van der Waals surface area contributed by atoms with Crippen molar-refractivity contribution in [1.29, 1.82) is 0 Å². The summed E-state index contributed by atoms with van der Waals surface area (Å²) in [6.07, 6.45) is -1.05. The topological polar surface area (TPSA) is 90.0 Å². The first-order valence-corrected chi connectivity index (χ1v) is 10.9. The van der Waals surface area contributed by atoms with Crippen molar-refractivity contribution in [1.82, 2.24) is 29.8 Å². The highest BCUT2D eigenvalue weighted by molar-refractivity contribution is 9.10. The van der Waals surface area contributed by atoms with Crippen LogP contribution in [0.1, 0.15) is 34.8 Å². The number of alkyl halides is 3. The lowest BCUT2D eigenvalue weighted by Crippen LogP contribution is -2.37. The predicted octanol–water partition coefficient (Wildman–Crippen LogP) is 4.82. The van der Waals surface area contributed by atoms with Crippen LogP contribution in [0, 0.1) is 12.8 Å². The Kier molecular flexibility index (Phi) is 5.19. The van der Waals surface area contributed by atoms with Gasteiger partial charge in [-0.15, -0.1) is 10.2 Å². The molecule has 3 aromatic heterocycles. The molecule has 0 radical (unpaired) electrons. The number of tetrazole rings is 1. The summed E-state index contributed by atoms with van der Waals surface area (Å²) < 4.78 is 40.7. The third-order valence-corrected chi connectivity index (χ3v) is 6.30. The predicted molar refractivity (Wildman–Crippen MR) is 117 cm³/mol. The number of rotatable bonds is 4. The molecule has 0 atom stereocenters. The van der Waals surface area contributed by atoms with Crippen molar-refractivity contribution in [2.75, 3.05) is 5.32 Å². The van der Waals surface area contributed by atoms with Gasteiger partial charge < -0.3 is 5.32 Å². The minimum atomic E-state index is -4.19. The van der Waals surface area contributed by atoms with E-state index in [-0.39, 0.29) is 24.6 Å². The van der Waals surface area contributed by atoms with Crippen molar-refractivity contribution in [3.05, 3.63) is 58.3 Å². The second-order valence-corrected chi connectivity index (χ2v) is 8.93. The number of benzene rings is 1. The van der Waals surface area contributed by atoms with Crippen molar-refractivity contribution >= 4 is 33.0 Å². The lowest BCUT2D eigenvalue weighted by atomic mass is 9.80. The number of pyridine rings is 1. The van der Waals surface area contributed by atoms with E-state index in [1.165, 1.54) is 11.0 Å². The van der Waals surface area contributed by atoms with Crippen molar-refractivity contribution in [2.24, 2.45) is 5.92 Å². The molecule has 12 heteroatoms. The second-order valence-electron chi connectivity index (χ2n) is 8.01. The zero-order valence-electron chi connectivity index (χ0n) is 17.2. The van der Waals surface area contributed by atoms with E-state index in [0.717, 1.165) is 10.0 Å². The average Bonchev–Trinajstić information content (AvgIpc) is 3.34. The molecule has 0 spiro atoms. The summed E-state index contributed by atoms with van der Waals surface area (Å²) in [4.78, 5) is 14.2. The Morgan fingerprint density at radius 3 is 2.76 bits per heavy atom. The summed E-state index contributed by atoms with van der Waals surface area (Å²) in [6.45, 7) is 1.85. The Hall–Kier alpha value is -3.28. The summed E-state index contributed by atoms with van der Waals surface area (Å²) in [6, 6.07) is 8.51. The highest BCUT2D eigenvalue weighted by Crippen LogP contribution is 2.46. The van der Waals surface area contributed by atoms with Gasteiger partial charge in [-0.2, -0.15) is 23.1 Å². The standard InChI is InChI=1S/C21H17BrF3N7O/c1-11-2-3-12(19-28-30-32(29-19)15-7-13(8-15)21(23,24)25)6-17(11)27-20(33)16-10-26-31-5-4-14(22)9-18(16)31/h2-6,9-10,13,15H,7-8H2,1H3,(H,27,33). The number of aryl methyl sites for hydroxylation is 1. The van der Waals surface area contributed by atoms with Gasteiger partial charge in [-0.3, -0.25) is 4.79 Å². The average molecular weight is 520 g/mol. The van der Waals surface area contributed by atoms with Crippen molar-refractivity contribution < 1.29 is 18.0 Å². The number of halogens is 4. The number of fused-ring (bicyclic) bond motifs is 1. The quantitative estimate of drug-likeness (QED) is 0.417. The largest absolute Gasteiger partial charge is 0.391 e. The molecule has 33 heavy (non-hydrogen) atoms. The molecule has 1 aliphatic rings. The highest BCUT2D eigenvalue weighted by atomic mass is 79.9. The van der Waals surface area contributed by atoms with Crippen molar-refractivity contribution in [3.8, 4) is 11.4 Å². The number of anilines is 1. The van der Waals surface area contributed by atoms with Crippen molar-refractivity contribution in [3.63, 3.8) is 0 Å². The summed E-state index contributed by atoms with van der Waals surface area (Å²) in [5.41, 5.74) is 3.04. The maximum atomic E-state index is 12.9. The zero-order chi connectivity index (χ0) is 23.3. The van der Waals surface area contributed by atoms with Crippen molar-refractivity contribution in [2.45, 2.75) is 32.0 Å². The zero-order valence-corrected chi connectivity index (χ0v) is 18.8. The van der Waals surface area contributed by atoms with Gasteiger partial charge in [-0.25, -0.2) is 4.52 Å². The molecule has 170 valence electrons. The molecule has 1 fully saturated rings. The SMILES string of the molecule is Cc1ccc(-c2nnn(C3CC(C(F)(F)F)C3)n2)cc1NC(=O)c1cnn2ccc(Br)cc12. The molecular weight excluding hydrogens is 503 g/mol. The van der Waals surface area contributed by atoms with Gasteiger partial charge in [0.15, 0.2) is 0 Å². The van der Waals surface area contributed by atoms with Gasteiger partial charge in [0.2, 0.25) is 5.82 Å². The van der Waals surface area contributed by atoms with Gasteiger partial charge in [0.1, 0.15) is 0 Å². The molecule has 1 N–H and O–H groups in total. The highest BCUT2D eigenvalue weighted by Gasteiger charge is 2.49. The number of hydrogen-bond acceptors (Lipinski definition) is 5. The van der Waals surface area contributed by atoms with Gasteiger partial charge in [-0.05, 0) is 48.7 Å². The fraction of sp³-hybridized carbons (Fsp3) is 0.286. The molecular formula is C21H17BrF3N7O. The fourth-order valence-electron chi connectivity index (χ4n) is 3.75. The summed E-state index contributed by atoms with van der Waals surface area (Å²) in [7, 11) is 0. The van der Waals surface area contributed by atoms with E-state index < -0.39 is 18.1 Å². The summed E-state index contributed by atoms with van der Waals surface area (Å²) >= 11 is 3.40. The van der Waals surface area contributed by atoms with Crippen LogP contribution in [-0.2, 0) is 0 Å². The van der Waals surface area contributed by atoms with E-state index in [4.69, 9.17) is 0 Å². The van der Waals surface area contributed by atoms with E-state index in [2.05, 4.69) is 41.8 Å². The summed E-state index contributed by atoms with van der Waals surface area (Å²) in [5.74, 6) is -1.37. The molecule has 5 rings (SSSR count). The number of amides is 1. The molecule has 1 saturated carbocycles. The van der Waals surface area contributed by atoms with Crippen LogP contribution >= 0.6 is 15.9 Å². The molecule has 1 aromatic carbocycles. The number of nitrogens with zero attached hydrogens (tertiary/aromatic N) is 6. The monoisotopic (exact) mass is 519 g/mol. The molecule has 0 unspecified atom stereocenters. The van der Waals surface area contributed by atoms with Gasteiger partial charge in [0.05, 0.1) is 29.2 Å².